The SMILES string of the molecule is COc1ccc(COCC#CC[C@@H](C)O)cc1. The Kier molecular flexibility index (Phi) is 6.16. The Balaban J connectivity index is 2.23. The molecule has 0 radical (unpaired) electrons. The molecule has 17 heavy (non-hydrogen) atoms. The summed E-state index contributed by atoms with van der Waals surface area (Å²) in [6, 6.07) is 7.72. The van der Waals surface area contributed by atoms with E-state index in [1.807, 2.05) is 24.3 Å². The standard InChI is InChI=1S/C14H18O3/c1-12(15)5-3-4-10-17-11-13-6-8-14(16-2)9-7-13/h6-9,12,15H,5,10-11H2,1-2H3/t12-/m1/s1. The minimum Gasteiger partial charge on any atom is -0.497 e. The number of aliphatic hydroxyl groups is 1. The van der Waals surface area contributed by atoms with E-state index >= 15 is 0 Å². The Morgan fingerprint density at radius 3 is 2.53 bits per heavy atom. The first-order valence-electron chi connectivity index (χ1n) is 5.57. The van der Waals surface area contributed by atoms with E-state index in [1.165, 1.54) is 0 Å². The molecule has 0 saturated heterocycles. The van der Waals surface area contributed by atoms with Crippen molar-refractivity contribution < 1.29 is 14.6 Å². The Labute approximate surface area is 102 Å². The summed E-state index contributed by atoms with van der Waals surface area (Å²) in [4.78, 5) is 0. The van der Waals surface area contributed by atoms with Gasteiger partial charge >= 0.3 is 0 Å². The average molecular weight is 234 g/mol. The van der Waals surface area contributed by atoms with Gasteiger partial charge in [0.2, 0.25) is 0 Å². The molecule has 3 nitrogen and oxygen atoms in total. The van der Waals surface area contributed by atoms with Crippen molar-refractivity contribution in [3.8, 4) is 17.6 Å². The van der Waals surface area contributed by atoms with E-state index in [-0.39, 0.29) is 6.10 Å². The minimum atomic E-state index is -0.371. The van der Waals surface area contributed by atoms with Crippen molar-refractivity contribution in [2.75, 3.05) is 13.7 Å². The third-order valence-corrected chi connectivity index (χ3v) is 2.12. The molecule has 0 aliphatic carbocycles. The fourth-order valence-corrected chi connectivity index (χ4v) is 1.21. The van der Waals surface area contributed by atoms with Gasteiger partial charge < -0.3 is 14.6 Å². The quantitative estimate of drug-likeness (QED) is 0.625. The van der Waals surface area contributed by atoms with Crippen LogP contribution in [0.3, 0.4) is 0 Å². The van der Waals surface area contributed by atoms with Crippen LogP contribution in [0.15, 0.2) is 24.3 Å². The number of aliphatic hydroxyl groups excluding tert-OH is 1. The van der Waals surface area contributed by atoms with Crippen LogP contribution in [0, 0.1) is 11.8 Å². The van der Waals surface area contributed by atoms with Gasteiger partial charge in [-0.2, -0.15) is 0 Å². The Bertz CT molecular complexity index is 371. The predicted octanol–water partition coefficient (Wildman–Crippen LogP) is 1.99. The van der Waals surface area contributed by atoms with Gasteiger partial charge in [0.05, 0.1) is 19.8 Å². The van der Waals surface area contributed by atoms with E-state index < -0.39 is 0 Å². The number of methoxy groups -OCH3 is 1. The van der Waals surface area contributed by atoms with Crippen LogP contribution in [0.4, 0.5) is 0 Å². The van der Waals surface area contributed by atoms with Crippen LogP contribution in [-0.2, 0) is 11.3 Å². The van der Waals surface area contributed by atoms with Crippen molar-refractivity contribution in [2.24, 2.45) is 0 Å². The first-order chi connectivity index (χ1) is 8.22. The summed E-state index contributed by atoms with van der Waals surface area (Å²) < 4.78 is 10.4. The largest absolute Gasteiger partial charge is 0.497 e. The molecule has 0 aliphatic rings. The second-order valence-corrected chi connectivity index (χ2v) is 3.75. The van der Waals surface area contributed by atoms with Crippen molar-refractivity contribution in [1.82, 2.24) is 0 Å². The summed E-state index contributed by atoms with van der Waals surface area (Å²) in [6.45, 7) is 2.64. The Hall–Kier alpha value is -1.50. The molecule has 0 heterocycles. The van der Waals surface area contributed by atoms with Gasteiger partial charge in [-0.1, -0.05) is 24.0 Å². The summed E-state index contributed by atoms with van der Waals surface area (Å²) in [6.07, 6.45) is 0.121. The van der Waals surface area contributed by atoms with Gasteiger partial charge in [-0.3, -0.25) is 0 Å². The molecule has 0 amide bonds. The van der Waals surface area contributed by atoms with Gasteiger partial charge in [0.1, 0.15) is 12.4 Å². The van der Waals surface area contributed by atoms with Crippen LogP contribution in [0.2, 0.25) is 0 Å². The van der Waals surface area contributed by atoms with E-state index in [9.17, 15) is 0 Å². The molecule has 0 aromatic heterocycles. The molecule has 1 atom stereocenters. The van der Waals surface area contributed by atoms with Gasteiger partial charge in [-0.05, 0) is 24.6 Å². The molecule has 3 heteroatoms. The fourth-order valence-electron chi connectivity index (χ4n) is 1.21. The summed E-state index contributed by atoms with van der Waals surface area (Å²) >= 11 is 0. The van der Waals surface area contributed by atoms with Crippen molar-refractivity contribution in [3.05, 3.63) is 29.8 Å². The zero-order chi connectivity index (χ0) is 12.5. The van der Waals surface area contributed by atoms with Gasteiger partial charge in [0.25, 0.3) is 0 Å². The van der Waals surface area contributed by atoms with Crippen molar-refractivity contribution in [1.29, 1.82) is 0 Å². The monoisotopic (exact) mass is 234 g/mol. The van der Waals surface area contributed by atoms with Crippen LogP contribution in [0.5, 0.6) is 5.75 Å². The van der Waals surface area contributed by atoms with Crippen LogP contribution >= 0.6 is 0 Å². The Morgan fingerprint density at radius 2 is 1.94 bits per heavy atom. The molecule has 1 rings (SSSR count). The second-order valence-electron chi connectivity index (χ2n) is 3.75. The highest BCUT2D eigenvalue weighted by Gasteiger charge is 1.93. The smallest absolute Gasteiger partial charge is 0.118 e. The van der Waals surface area contributed by atoms with Gasteiger partial charge in [-0.25, -0.2) is 0 Å². The molecule has 0 saturated carbocycles. The summed E-state index contributed by atoms with van der Waals surface area (Å²) in [5.74, 6) is 6.54. The summed E-state index contributed by atoms with van der Waals surface area (Å²) in [5, 5.41) is 8.98. The van der Waals surface area contributed by atoms with Crippen molar-refractivity contribution in [2.45, 2.75) is 26.1 Å². The normalized spacial score (nSPS) is 11.5. The summed E-state index contributed by atoms with van der Waals surface area (Å²) in [5.41, 5.74) is 1.09. The van der Waals surface area contributed by atoms with E-state index in [0.717, 1.165) is 11.3 Å². The first-order valence-corrected chi connectivity index (χ1v) is 5.57. The molecule has 92 valence electrons. The maximum Gasteiger partial charge on any atom is 0.118 e. The van der Waals surface area contributed by atoms with E-state index in [1.54, 1.807) is 14.0 Å². The van der Waals surface area contributed by atoms with Crippen LogP contribution < -0.4 is 4.74 Å². The van der Waals surface area contributed by atoms with Gasteiger partial charge in [0, 0.05) is 6.42 Å². The lowest BCUT2D eigenvalue weighted by atomic mass is 10.2. The molecule has 0 aliphatic heterocycles. The average Bonchev–Trinajstić information content (AvgIpc) is 2.34. The number of ether oxygens (including phenoxy) is 2. The number of hydrogen-bond acceptors (Lipinski definition) is 3. The molecule has 1 aromatic carbocycles. The van der Waals surface area contributed by atoms with Gasteiger partial charge in [-0.15, -0.1) is 0 Å². The lowest BCUT2D eigenvalue weighted by Crippen LogP contribution is -1.97. The zero-order valence-electron chi connectivity index (χ0n) is 10.3. The van der Waals surface area contributed by atoms with Gasteiger partial charge in [0.15, 0.2) is 0 Å². The maximum atomic E-state index is 8.98. The van der Waals surface area contributed by atoms with E-state index in [4.69, 9.17) is 14.6 Å². The van der Waals surface area contributed by atoms with Crippen LogP contribution in [-0.4, -0.2) is 24.9 Å². The summed E-state index contributed by atoms with van der Waals surface area (Å²) in [7, 11) is 1.64. The lowest BCUT2D eigenvalue weighted by molar-refractivity contribution is 0.153. The molecule has 1 N–H and O–H groups in total. The van der Waals surface area contributed by atoms with Crippen molar-refractivity contribution >= 4 is 0 Å². The van der Waals surface area contributed by atoms with E-state index in [2.05, 4.69) is 11.8 Å². The predicted molar refractivity (Wildman–Crippen MR) is 66.7 cm³/mol. The highest BCUT2D eigenvalue weighted by atomic mass is 16.5. The van der Waals surface area contributed by atoms with Crippen molar-refractivity contribution in [3.63, 3.8) is 0 Å². The van der Waals surface area contributed by atoms with Crippen LogP contribution in [0.1, 0.15) is 18.9 Å². The minimum absolute atomic E-state index is 0.371. The molecule has 0 bridgehead atoms. The molecule has 1 aromatic rings. The lowest BCUT2D eigenvalue weighted by Gasteiger charge is -2.02. The van der Waals surface area contributed by atoms with Crippen LogP contribution in [0.25, 0.3) is 0 Å². The highest BCUT2D eigenvalue weighted by Crippen LogP contribution is 2.11. The number of benzene rings is 1. The number of rotatable bonds is 5. The molecule has 0 spiro atoms. The third-order valence-electron chi connectivity index (χ3n) is 2.12. The molecular weight excluding hydrogens is 216 g/mol. The fraction of sp³-hybridized carbons (Fsp3) is 0.429. The van der Waals surface area contributed by atoms with E-state index in [0.29, 0.717) is 19.6 Å². The second kappa shape index (κ2) is 7.72. The third kappa shape index (κ3) is 5.96. The molecular formula is C14H18O3. The maximum absolute atomic E-state index is 8.98. The topological polar surface area (TPSA) is 38.7 Å². The molecule has 0 fully saturated rings. The Morgan fingerprint density at radius 1 is 1.24 bits per heavy atom. The first kappa shape index (κ1) is 13.6. The number of hydrogen-bond donors (Lipinski definition) is 1. The zero-order valence-corrected chi connectivity index (χ0v) is 10.3. The molecule has 0 unspecified atom stereocenters. The highest BCUT2D eigenvalue weighted by molar-refractivity contribution is 5.26.